The van der Waals surface area contributed by atoms with Crippen molar-refractivity contribution in [3.8, 4) is 0 Å². The van der Waals surface area contributed by atoms with Crippen molar-refractivity contribution in [1.82, 2.24) is 15.1 Å². The number of hydrogen-bond donors (Lipinski definition) is 3. The molecule has 0 bridgehead atoms. The fourth-order valence-electron chi connectivity index (χ4n) is 1.46. The molecule has 4 N–H and O–H groups in total. The average molecular weight is 225 g/mol. The van der Waals surface area contributed by atoms with Gasteiger partial charge in [0.2, 0.25) is 5.91 Å². The molecule has 1 heterocycles. The summed E-state index contributed by atoms with van der Waals surface area (Å²) in [5.74, 6) is 0.622. The van der Waals surface area contributed by atoms with Gasteiger partial charge < -0.3 is 16.4 Å². The van der Waals surface area contributed by atoms with E-state index in [1.807, 2.05) is 13.8 Å². The lowest BCUT2D eigenvalue weighted by Gasteiger charge is -2.15. The summed E-state index contributed by atoms with van der Waals surface area (Å²) in [6.07, 6.45) is 0. The van der Waals surface area contributed by atoms with Crippen LogP contribution in [0.4, 0.5) is 11.5 Å². The van der Waals surface area contributed by atoms with E-state index in [9.17, 15) is 4.79 Å². The Bertz CT molecular complexity index is 385. The van der Waals surface area contributed by atoms with Crippen molar-refractivity contribution in [3.05, 3.63) is 5.69 Å². The largest absolute Gasteiger partial charge is 0.394 e. The number of hydrogen-bond acceptors (Lipinski definition) is 4. The van der Waals surface area contributed by atoms with Crippen LogP contribution in [0.5, 0.6) is 0 Å². The third-order valence-corrected chi connectivity index (χ3v) is 2.47. The van der Waals surface area contributed by atoms with Crippen LogP contribution < -0.4 is 16.4 Å². The number of nitrogens with zero attached hydrogens (tertiary/aromatic N) is 2. The molecule has 6 nitrogen and oxygen atoms in total. The molecule has 0 aliphatic rings. The second-order valence-corrected chi connectivity index (χ2v) is 3.64. The number of carbonyl (C=O) groups excluding carboxylic acids is 1. The van der Waals surface area contributed by atoms with Gasteiger partial charge in [0, 0.05) is 13.6 Å². The number of rotatable bonds is 4. The molecule has 16 heavy (non-hydrogen) atoms. The van der Waals surface area contributed by atoms with Crippen LogP contribution in [-0.2, 0) is 11.3 Å². The predicted octanol–water partition coefficient (Wildman–Crippen LogP) is 0.340. The molecule has 1 atom stereocenters. The molecule has 0 fully saturated rings. The van der Waals surface area contributed by atoms with Gasteiger partial charge >= 0.3 is 0 Å². The summed E-state index contributed by atoms with van der Waals surface area (Å²) in [6.45, 7) is 6.31. The van der Waals surface area contributed by atoms with Crippen molar-refractivity contribution in [2.75, 3.05) is 18.1 Å². The fourth-order valence-corrected chi connectivity index (χ4v) is 1.46. The number of likely N-dealkylation sites (N-methyl/N-ethyl adjacent to an activating group) is 1. The second-order valence-electron chi connectivity index (χ2n) is 3.64. The summed E-state index contributed by atoms with van der Waals surface area (Å²) >= 11 is 0. The summed E-state index contributed by atoms with van der Waals surface area (Å²) in [4.78, 5) is 11.4. The van der Waals surface area contributed by atoms with Crippen LogP contribution in [0.15, 0.2) is 0 Å². The highest BCUT2D eigenvalue weighted by atomic mass is 16.2. The molecule has 1 aromatic heterocycles. The Labute approximate surface area is 95.2 Å². The van der Waals surface area contributed by atoms with E-state index in [1.54, 1.807) is 18.7 Å². The van der Waals surface area contributed by atoms with E-state index in [4.69, 9.17) is 5.73 Å². The molecule has 1 unspecified atom stereocenters. The molecule has 90 valence electrons. The summed E-state index contributed by atoms with van der Waals surface area (Å²) in [5.41, 5.74) is 7.26. The highest BCUT2D eigenvalue weighted by molar-refractivity contribution is 5.84. The quantitative estimate of drug-likeness (QED) is 0.690. The average Bonchev–Trinajstić information content (AvgIpc) is 2.55. The van der Waals surface area contributed by atoms with E-state index in [0.717, 1.165) is 5.69 Å². The van der Waals surface area contributed by atoms with Crippen molar-refractivity contribution >= 4 is 17.4 Å². The first-order chi connectivity index (χ1) is 7.51. The molecule has 1 rings (SSSR count). The van der Waals surface area contributed by atoms with E-state index in [0.29, 0.717) is 18.1 Å². The molecule has 0 aliphatic heterocycles. The lowest BCUT2D eigenvalue weighted by molar-refractivity contribution is -0.121. The molecule has 6 heteroatoms. The van der Waals surface area contributed by atoms with E-state index in [-0.39, 0.29) is 11.9 Å². The number of nitrogens with two attached hydrogens (primary N) is 1. The first-order valence-corrected chi connectivity index (χ1v) is 5.32. The zero-order chi connectivity index (χ0) is 12.3. The van der Waals surface area contributed by atoms with Crippen LogP contribution in [0.3, 0.4) is 0 Å². The predicted molar refractivity (Wildman–Crippen MR) is 64.2 cm³/mol. The number of anilines is 2. The third kappa shape index (κ3) is 2.26. The number of carbonyl (C=O) groups is 1. The molecule has 0 spiro atoms. The normalized spacial score (nSPS) is 12.2. The summed E-state index contributed by atoms with van der Waals surface area (Å²) in [6, 6.07) is -0.339. The molecule has 1 aromatic rings. The molecule has 0 aliphatic carbocycles. The van der Waals surface area contributed by atoms with E-state index < -0.39 is 0 Å². The van der Waals surface area contributed by atoms with Gasteiger partial charge in [0.25, 0.3) is 0 Å². The van der Waals surface area contributed by atoms with Crippen LogP contribution in [0.1, 0.15) is 19.5 Å². The van der Waals surface area contributed by atoms with Gasteiger partial charge in [0.05, 0.1) is 11.4 Å². The van der Waals surface area contributed by atoms with Crippen molar-refractivity contribution in [3.63, 3.8) is 0 Å². The number of nitrogens with one attached hydrogen (secondary N) is 2. The molecular weight excluding hydrogens is 206 g/mol. The van der Waals surface area contributed by atoms with Gasteiger partial charge in [0.1, 0.15) is 11.9 Å². The van der Waals surface area contributed by atoms with Crippen LogP contribution >= 0.6 is 0 Å². The second kappa shape index (κ2) is 4.87. The fraction of sp³-hybridized carbons (Fsp3) is 0.600. The SMILES string of the molecule is CCn1nc(C)c(N)c1NC(C)C(=O)NC. The minimum Gasteiger partial charge on any atom is -0.394 e. The molecule has 1 amide bonds. The Kier molecular flexibility index (Phi) is 3.76. The molecule has 0 saturated carbocycles. The maximum atomic E-state index is 11.4. The minimum atomic E-state index is -0.339. The van der Waals surface area contributed by atoms with Gasteiger partial charge in [-0.2, -0.15) is 5.10 Å². The summed E-state index contributed by atoms with van der Waals surface area (Å²) < 4.78 is 1.75. The van der Waals surface area contributed by atoms with Crippen LogP contribution in [0.25, 0.3) is 0 Å². The Morgan fingerprint density at radius 1 is 1.62 bits per heavy atom. The molecule has 0 radical (unpaired) electrons. The number of nitrogen functional groups attached to an aromatic ring is 1. The van der Waals surface area contributed by atoms with Crippen molar-refractivity contribution in [2.24, 2.45) is 0 Å². The Hall–Kier alpha value is -1.72. The summed E-state index contributed by atoms with van der Waals surface area (Å²) in [5, 5.41) is 9.91. The van der Waals surface area contributed by atoms with Gasteiger partial charge in [-0.25, -0.2) is 4.68 Å². The van der Waals surface area contributed by atoms with Gasteiger partial charge in [0.15, 0.2) is 0 Å². The molecule has 0 saturated heterocycles. The maximum absolute atomic E-state index is 11.4. The topological polar surface area (TPSA) is 85.0 Å². The maximum Gasteiger partial charge on any atom is 0.241 e. The highest BCUT2D eigenvalue weighted by Crippen LogP contribution is 2.22. The van der Waals surface area contributed by atoms with Gasteiger partial charge in [-0.3, -0.25) is 4.79 Å². The standard InChI is InChI=1S/C10H19N5O/c1-5-15-9(8(11)6(2)14-15)13-7(3)10(16)12-4/h7,13H,5,11H2,1-4H3,(H,12,16). The number of aryl methyl sites for hydroxylation is 2. The minimum absolute atomic E-state index is 0.0825. The van der Waals surface area contributed by atoms with Crippen LogP contribution in [0, 0.1) is 6.92 Å². The number of amides is 1. The first-order valence-electron chi connectivity index (χ1n) is 5.32. The monoisotopic (exact) mass is 225 g/mol. The summed E-state index contributed by atoms with van der Waals surface area (Å²) in [7, 11) is 1.60. The van der Waals surface area contributed by atoms with Crippen LogP contribution in [0.2, 0.25) is 0 Å². The Morgan fingerprint density at radius 2 is 2.25 bits per heavy atom. The van der Waals surface area contributed by atoms with Gasteiger partial charge in [-0.15, -0.1) is 0 Å². The van der Waals surface area contributed by atoms with E-state index in [1.165, 1.54) is 0 Å². The molecular formula is C10H19N5O. The lowest BCUT2D eigenvalue weighted by Crippen LogP contribution is -2.36. The van der Waals surface area contributed by atoms with Gasteiger partial charge in [-0.1, -0.05) is 0 Å². The van der Waals surface area contributed by atoms with Crippen molar-refractivity contribution in [2.45, 2.75) is 33.4 Å². The zero-order valence-corrected chi connectivity index (χ0v) is 10.2. The molecule has 0 aromatic carbocycles. The van der Waals surface area contributed by atoms with E-state index in [2.05, 4.69) is 15.7 Å². The highest BCUT2D eigenvalue weighted by Gasteiger charge is 2.17. The van der Waals surface area contributed by atoms with Crippen molar-refractivity contribution < 1.29 is 4.79 Å². The Morgan fingerprint density at radius 3 is 2.75 bits per heavy atom. The number of aromatic nitrogens is 2. The zero-order valence-electron chi connectivity index (χ0n) is 10.2. The first kappa shape index (κ1) is 12.4. The van der Waals surface area contributed by atoms with E-state index >= 15 is 0 Å². The van der Waals surface area contributed by atoms with Crippen molar-refractivity contribution in [1.29, 1.82) is 0 Å². The third-order valence-electron chi connectivity index (χ3n) is 2.47. The van der Waals surface area contributed by atoms with Gasteiger partial charge in [-0.05, 0) is 20.8 Å². The lowest BCUT2D eigenvalue weighted by atomic mass is 10.3. The Balaban J connectivity index is 2.91. The van der Waals surface area contributed by atoms with Crippen LogP contribution in [-0.4, -0.2) is 28.8 Å². The smallest absolute Gasteiger partial charge is 0.241 e.